The summed E-state index contributed by atoms with van der Waals surface area (Å²) in [6.45, 7) is 8.41. The Kier molecular flexibility index (Phi) is 14.2. The number of fused-ring (bicyclic) bond motifs is 1. The summed E-state index contributed by atoms with van der Waals surface area (Å²) in [6.07, 6.45) is 26.6. The fourth-order valence-electron chi connectivity index (χ4n) is 11.5. The van der Waals surface area contributed by atoms with Crippen LogP contribution >= 0.6 is 0 Å². The molecule has 3 aliphatic carbocycles. The Labute approximate surface area is 390 Å². The summed E-state index contributed by atoms with van der Waals surface area (Å²) in [7, 11) is 3.51. The first-order chi connectivity index (χ1) is 31.8. The molecule has 66 heavy (non-hydrogen) atoms. The third-order valence-corrected chi connectivity index (χ3v) is 15.0. The van der Waals surface area contributed by atoms with E-state index in [9.17, 15) is 4.79 Å². The first-order valence-electron chi connectivity index (χ1n) is 24.1. The number of esters is 1. The monoisotopic (exact) mass is 902 g/mol. The van der Waals surface area contributed by atoms with Gasteiger partial charge in [-0.3, -0.25) is 14.6 Å². The number of ether oxygens (including phenoxy) is 2. The number of allylic oxidation sites excluding steroid dienone is 5. The number of nitrogens with two attached hydrogens (primary N) is 2. The lowest BCUT2D eigenvalue weighted by molar-refractivity contribution is -0.150. The second-order valence-electron chi connectivity index (χ2n) is 19.8. The van der Waals surface area contributed by atoms with Gasteiger partial charge in [0.25, 0.3) is 5.60 Å². The molecular weight excluding hydrogens is 831 g/mol. The number of rotatable bonds is 13. The van der Waals surface area contributed by atoms with Crippen LogP contribution in [-0.2, 0) is 20.7 Å². The van der Waals surface area contributed by atoms with Crippen molar-refractivity contribution in [2.45, 2.75) is 114 Å². The second kappa shape index (κ2) is 19.9. The molecule has 1 aromatic rings. The average Bonchev–Trinajstić information content (AvgIpc) is 4.02. The molecule has 4 aliphatic heterocycles. The summed E-state index contributed by atoms with van der Waals surface area (Å²) in [6, 6.07) is 5.26. The van der Waals surface area contributed by atoms with Gasteiger partial charge in [0.1, 0.15) is 5.82 Å². The third kappa shape index (κ3) is 9.47. The molecule has 1 aromatic carbocycles. The van der Waals surface area contributed by atoms with Gasteiger partial charge in [-0.25, -0.2) is 4.79 Å². The van der Waals surface area contributed by atoms with Crippen LogP contribution in [0.25, 0.3) is 0 Å². The largest absolute Gasteiger partial charge is 0.463 e. The molecule has 354 valence electrons. The highest BCUT2D eigenvalue weighted by Gasteiger charge is 2.85. The quantitative estimate of drug-likeness (QED) is 0.0254. The van der Waals surface area contributed by atoms with Crippen LogP contribution in [0.3, 0.4) is 0 Å². The number of hydrogen-bond donors (Lipinski definition) is 8. The summed E-state index contributed by atoms with van der Waals surface area (Å²) in [4.78, 5) is 49.9. The van der Waals surface area contributed by atoms with Gasteiger partial charge in [0.15, 0.2) is 17.3 Å². The van der Waals surface area contributed by atoms with Crippen molar-refractivity contribution >= 4 is 23.5 Å². The van der Waals surface area contributed by atoms with E-state index in [-0.39, 0.29) is 54.0 Å². The molecule has 9 atom stereocenters. The molecule has 14 nitrogen and oxygen atoms in total. The number of epoxide rings is 1. The van der Waals surface area contributed by atoms with Crippen LogP contribution in [-0.4, -0.2) is 93.4 Å². The third-order valence-electron chi connectivity index (χ3n) is 15.0. The predicted molar refractivity (Wildman–Crippen MR) is 259 cm³/mol. The molecule has 1 saturated heterocycles. The number of dihydropyridines is 2. The van der Waals surface area contributed by atoms with Crippen molar-refractivity contribution < 1.29 is 23.9 Å². The lowest BCUT2D eigenvalue weighted by atomic mass is 9.67. The summed E-state index contributed by atoms with van der Waals surface area (Å²) in [5.74, 6) is 0.322. The number of nitrogens with one attached hydrogen (secondary N) is 6. The van der Waals surface area contributed by atoms with Gasteiger partial charge in [-0.2, -0.15) is 0 Å². The average molecular weight is 902 g/mol. The minimum Gasteiger partial charge on any atom is -0.463 e. The maximum Gasteiger partial charge on any atom is 0.350 e. The van der Waals surface area contributed by atoms with Gasteiger partial charge in [-0.1, -0.05) is 86.9 Å². The van der Waals surface area contributed by atoms with E-state index in [2.05, 4.69) is 81.1 Å². The fraction of sp³-hybridized carbons (Fsp3) is 0.538. The fourth-order valence-corrected chi connectivity index (χ4v) is 11.5. The Balaban J connectivity index is 1.16. The number of carbonyl (C=O) groups is 3. The Morgan fingerprint density at radius 1 is 1.14 bits per heavy atom. The van der Waals surface area contributed by atoms with Crippen molar-refractivity contribution in [2.24, 2.45) is 39.6 Å². The molecule has 1 spiro atoms. The standard InChI is InChI=1S/C52H71N9O5/c1-6-57-41-25-35-13-9-12-34-11-7-8-20-50(3,27-33-16-17-43(53)59-29-33)28-37-14-10-15-39-45(37)47(63)52(48(64)65-30-38(41)24-40(34)35)51(66-52,46(39)62)21-18-32(2)23-42(61-49(54)56-5)36-19-22-58-44(26-36)60-31-55-4/h9-10,13-19,25-26,29,34,38,40-43,55,57-60H,6-8,11-12,20-24,27-28,30-31,53H2,1-5H3,(H3,54,56,61). The zero-order valence-corrected chi connectivity index (χ0v) is 39.4. The van der Waals surface area contributed by atoms with Crippen LogP contribution in [0.15, 0.2) is 106 Å². The molecule has 0 radical (unpaired) electrons. The highest BCUT2D eigenvalue weighted by atomic mass is 16.7. The number of cyclic esters (lactones) is 1. The predicted octanol–water partition coefficient (Wildman–Crippen LogP) is 4.84. The number of nitrogens with zero attached hydrogens (tertiary/aromatic N) is 1. The van der Waals surface area contributed by atoms with Gasteiger partial charge in [0, 0.05) is 49.3 Å². The molecule has 4 heterocycles. The maximum atomic E-state index is 15.5. The first-order valence-corrected chi connectivity index (χ1v) is 24.1. The van der Waals surface area contributed by atoms with Crippen LogP contribution < -0.4 is 43.4 Å². The van der Waals surface area contributed by atoms with Gasteiger partial charge >= 0.3 is 5.97 Å². The van der Waals surface area contributed by atoms with E-state index < -0.39 is 23.0 Å². The number of guanidine groups is 1. The van der Waals surface area contributed by atoms with Crippen molar-refractivity contribution in [1.82, 2.24) is 31.9 Å². The molecule has 8 rings (SSSR count). The Morgan fingerprint density at radius 2 is 1.98 bits per heavy atom. The van der Waals surface area contributed by atoms with Crippen LogP contribution in [0.1, 0.15) is 105 Å². The van der Waals surface area contributed by atoms with Gasteiger partial charge in [0.05, 0.1) is 25.5 Å². The number of carbonyl (C=O) groups excluding carboxylic acids is 3. The second-order valence-corrected chi connectivity index (χ2v) is 19.8. The van der Waals surface area contributed by atoms with Crippen molar-refractivity contribution in [3.8, 4) is 0 Å². The minimum absolute atomic E-state index is 0.00942. The lowest BCUT2D eigenvalue weighted by Gasteiger charge is -2.40. The molecule has 4 bridgehead atoms. The topological polar surface area (TPSA) is 210 Å². The Morgan fingerprint density at radius 3 is 2.76 bits per heavy atom. The highest BCUT2D eigenvalue weighted by molar-refractivity contribution is 6.33. The molecule has 10 N–H and O–H groups in total. The molecule has 0 amide bonds. The van der Waals surface area contributed by atoms with Gasteiger partial charge in [-0.05, 0) is 117 Å². The lowest BCUT2D eigenvalue weighted by Crippen LogP contribution is -2.51. The maximum absolute atomic E-state index is 15.5. The zero-order valence-electron chi connectivity index (χ0n) is 39.4. The van der Waals surface area contributed by atoms with E-state index in [4.69, 9.17) is 20.9 Å². The smallest absolute Gasteiger partial charge is 0.350 e. The molecular formula is C52H71N9O5. The van der Waals surface area contributed by atoms with E-state index in [1.54, 1.807) is 13.1 Å². The number of benzene rings is 1. The normalized spacial score (nSPS) is 32.5. The molecule has 1 fully saturated rings. The summed E-state index contributed by atoms with van der Waals surface area (Å²) < 4.78 is 12.9. The van der Waals surface area contributed by atoms with Crippen molar-refractivity contribution in [3.63, 3.8) is 0 Å². The van der Waals surface area contributed by atoms with Crippen LogP contribution in [0.4, 0.5) is 0 Å². The molecule has 7 aliphatic rings. The SMILES string of the molecule is CCNC1C=C2C=CCC3CCCCC(C)(CC4=CNC(N)C=C4)Cc4cccc5c4C(=O)C4(OC4(CC=C(C)CC(NC(N)=NC)C4=CCNC(NCNC)=C4)C5=O)C(=O)OCC1CC23. The first kappa shape index (κ1) is 47.2. The van der Waals surface area contributed by atoms with E-state index in [0.29, 0.717) is 49.4 Å². The highest BCUT2D eigenvalue weighted by Crippen LogP contribution is 2.59. The molecule has 9 unspecified atom stereocenters. The van der Waals surface area contributed by atoms with E-state index in [1.807, 2.05) is 50.5 Å². The van der Waals surface area contributed by atoms with Gasteiger partial charge < -0.3 is 52.8 Å². The Bertz CT molecular complexity index is 2310. The summed E-state index contributed by atoms with van der Waals surface area (Å²) in [5, 5.41) is 20.0. The zero-order chi connectivity index (χ0) is 46.6. The van der Waals surface area contributed by atoms with E-state index >= 15 is 9.59 Å². The van der Waals surface area contributed by atoms with Gasteiger partial charge in [-0.15, -0.1) is 0 Å². The van der Waals surface area contributed by atoms with Crippen LogP contribution in [0.2, 0.25) is 0 Å². The molecule has 14 heteroatoms. The van der Waals surface area contributed by atoms with Crippen molar-refractivity contribution in [3.05, 3.63) is 118 Å². The van der Waals surface area contributed by atoms with Crippen LogP contribution in [0.5, 0.6) is 0 Å². The van der Waals surface area contributed by atoms with Gasteiger partial charge in [0.2, 0.25) is 5.78 Å². The number of likely N-dealkylation sites (N-methyl/N-ethyl adjacent to an activating group) is 1. The number of Topliss-reactive ketones (excluding diaryl/α,β-unsaturated/α-hetero) is 2. The summed E-state index contributed by atoms with van der Waals surface area (Å²) in [5.41, 5.74) is 13.9. The van der Waals surface area contributed by atoms with Crippen molar-refractivity contribution in [2.75, 3.05) is 40.5 Å². The number of hydrogen-bond acceptors (Lipinski definition) is 12. The van der Waals surface area contributed by atoms with Crippen molar-refractivity contribution in [1.29, 1.82) is 0 Å². The number of aliphatic imine (C=N–C) groups is 1. The van der Waals surface area contributed by atoms with Crippen LogP contribution in [0, 0.1) is 23.2 Å². The molecule has 0 aromatic heterocycles. The van der Waals surface area contributed by atoms with E-state index in [1.165, 1.54) is 5.57 Å². The summed E-state index contributed by atoms with van der Waals surface area (Å²) >= 11 is 0. The molecule has 0 saturated carbocycles. The minimum atomic E-state index is -2.12. The number of ketones is 2. The Hall–Kier alpha value is -5.28. The van der Waals surface area contributed by atoms with E-state index in [0.717, 1.165) is 79.6 Å².